The highest BCUT2D eigenvalue weighted by Gasteiger charge is 2.33. The van der Waals surface area contributed by atoms with Gasteiger partial charge in [0, 0.05) is 22.5 Å². The molecule has 0 bridgehead atoms. The highest BCUT2D eigenvalue weighted by atomic mass is 16.2. The lowest BCUT2D eigenvalue weighted by atomic mass is 9.73. The van der Waals surface area contributed by atoms with E-state index in [1.54, 1.807) is 6.07 Å². The molecule has 4 nitrogen and oxygen atoms in total. The van der Waals surface area contributed by atoms with Crippen LogP contribution < -0.4 is 10.6 Å². The molecular formula is C50H76N2O2. The summed E-state index contributed by atoms with van der Waals surface area (Å²) in [5.74, 6) is 2.39. The molecule has 0 unspecified atom stereocenters. The molecule has 2 N–H and O–H groups in total. The van der Waals surface area contributed by atoms with Gasteiger partial charge in [-0.15, -0.1) is 0 Å². The number of carbonyl (C=O) groups is 2. The molecular weight excluding hydrogens is 661 g/mol. The van der Waals surface area contributed by atoms with Crippen molar-refractivity contribution >= 4 is 23.2 Å². The first-order chi connectivity index (χ1) is 25.0. The summed E-state index contributed by atoms with van der Waals surface area (Å²) in [6.45, 7) is 45.4. The van der Waals surface area contributed by atoms with Gasteiger partial charge in [0.05, 0.1) is 0 Å². The van der Waals surface area contributed by atoms with Crippen LogP contribution in [0.15, 0.2) is 24.3 Å². The number of amides is 2. The van der Waals surface area contributed by atoms with E-state index in [1.807, 2.05) is 18.2 Å². The van der Waals surface area contributed by atoms with Gasteiger partial charge in [-0.25, -0.2) is 0 Å². The predicted molar refractivity (Wildman–Crippen MR) is 236 cm³/mol. The molecule has 2 amide bonds. The molecule has 3 aromatic rings. The summed E-state index contributed by atoms with van der Waals surface area (Å²) in [4.78, 5) is 28.9. The number of hydrogen-bond acceptors (Lipinski definition) is 2. The average Bonchev–Trinajstić information content (AvgIpc) is 3.05. The molecule has 54 heavy (non-hydrogen) atoms. The average molecular weight is 737 g/mol. The van der Waals surface area contributed by atoms with Gasteiger partial charge in [0.2, 0.25) is 0 Å². The standard InChI is InChI=1S/C50H76N2O2/c1-25(2)37-39(27(5)6)43(31(13)14)47(44(32(15)16)40(37)28(7)8)51-49(53)35-22-21-23-36(24-35)50(54)52-48-45(33(17)18)41(29(9)10)38(26(3)4)42(30(11)12)46(48)34(19)20/h21-34H,1-20H3,(H,51,53)(H,52,54). The Balaban J connectivity index is 2.28. The summed E-state index contributed by atoms with van der Waals surface area (Å²) in [5.41, 5.74) is 16.1. The van der Waals surface area contributed by atoms with Crippen molar-refractivity contribution < 1.29 is 9.59 Å². The maximum absolute atomic E-state index is 14.5. The summed E-state index contributed by atoms with van der Waals surface area (Å²) in [5, 5.41) is 6.93. The summed E-state index contributed by atoms with van der Waals surface area (Å²) in [6, 6.07) is 7.26. The van der Waals surface area contributed by atoms with Crippen LogP contribution in [0.2, 0.25) is 0 Å². The SMILES string of the molecule is CC(C)c1c(NC(=O)c2cccc(C(=O)Nc3c(C(C)C)c(C(C)C)c(C(C)C)c(C(C)C)c3C(C)C)c2)c(C(C)C)c(C(C)C)c(C(C)C)c1C(C)C. The van der Waals surface area contributed by atoms with Gasteiger partial charge in [0.25, 0.3) is 11.8 Å². The second-order valence-corrected chi connectivity index (χ2v) is 18.9. The molecule has 3 aromatic carbocycles. The van der Waals surface area contributed by atoms with Crippen molar-refractivity contribution in [2.24, 2.45) is 0 Å². The van der Waals surface area contributed by atoms with Gasteiger partial charge < -0.3 is 10.6 Å². The second-order valence-electron chi connectivity index (χ2n) is 18.9. The third kappa shape index (κ3) is 9.00. The highest BCUT2D eigenvalue weighted by molar-refractivity contribution is 6.10. The lowest BCUT2D eigenvalue weighted by molar-refractivity contribution is 0.102. The summed E-state index contributed by atoms with van der Waals surface area (Å²) in [7, 11) is 0. The Bertz CT molecular complexity index is 1600. The van der Waals surface area contributed by atoms with Crippen molar-refractivity contribution in [1.82, 2.24) is 0 Å². The lowest BCUT2D eigenvalue weighted by Crippen LogP contribution is -2.23. The van der Waals surface area contributed by atoms with E-state index >= 15 is 0 Å². The molecule has 0 aromatic heterocycles. The van der Waals surface area contributed by atoms with E-state index < -0.39 is 0 Å². The van der Waals surface area contributed by atoms with Crippen LogP contribution >= 0.6 is 0 Å². The first kappa shape index (κ1) is 45.0. The van der Waals surface area contributed by atoms with Crippen molar-refractivity contribution in [3.05, 3.63) is 91.0 Å². The Morgan fingerprint density at radius 3 is 0.704 bits per heavy atom. The summed E-state index contributed by atoms with van der Waals surface area (Å²) in [6.07, 6.45) is 0. The number of carbonyl (C=O) groups excluding carboxylic acids is 2. The largest absolute Gasteiger partial charge is 0.321 e. The van der Waals surface area contributed by atoms with Crippen LogP contribution in [-0.2, 0) is 0 Å². The fourth-order valence-electron chi connectivity index (χ4n) is 9.27. The predicted octanol–water partition coefficient (Wildman–Crippen LogP) is 15.4. The zero-order valence-corrected chi connectivity index (χ0v) is 37.9. The Morgan fingerprint density at radius 1 is 0.333 bits per heavy atom. The van der Waals surface area contributed by atoms with Crippen LogP contribution in [-0.4, -0.2) is 11.8 Å². The van der Waals surface area contributed by atoms with Crippen LogP contribution in [0.1, 0.15) is 274 Å². The van der Waals surface area contributed by atoms with E-state index in [1.165, 1.54) is 55.6 Å². The van der Waals surface area contributed by atoms with Crippen molar-refractivity contribution in [1.29, 1.82) is 0 Å². The third-order valence-electron chi connectivity index (χ3n) is 11.0. The zero-order valence-electron chi connectivity index (χ0n) is 37.9. The van der Waals surface area contributed by atoms with Crippen LogP contribution in [0, 0.1) is 0 Å². The molecule has 0 aliphatic rings. The molecule has 0 saturated heterocycles. The van der Waals surface area contributed by atoms with Crippen LogP contribution in [0.4, 0.5) is 11.4 Å². The van der Waals surface area contributed by atoms with E-state index in [9.17, 15) is 9.59 Å². The van der Waals surface area contributed by atoms with E-state index in [4.69, 9.17) is 0 Å². The number of hydrogen-bond donors (Lipinski definition) is 2. The molecule has 0 aliphatic carbocycles. The van der Waals surface area contributed by atoms with Crippen LogP contribution in [0.25, 0.3) is 0 Å². The molecule has 298 valence electrons. The van der Waals surface area contributed by atoms with Gasteiger partial charge in [-0.2, -0.15) is 0 Å². The van der Waals surface area contributed by atoms with E-state index in [-0.39, 0.29) is 35.5 Å². The first-order valence-corrected chi connectivity index (χ1v) is 21.2. The number of benzene rings is 3. The lowest BCUT2D eigenvalue weighted by Gasteiger charge is -2.34. The fraction of sp³-hybridized carbons (Fsp3) is 0.600. The maximum atomic E-state index is 14.5. The molecule has 0 spiro atoms. The van der Waals surface area contributed by atoms with Crippen molar-refractivity contribution in [3.63, 3.8) is 0 Å². The van der Waals surface area contributed by atoms with Crippen molar-refractivity contribution in [2.75, 3.05) is 10.6 Å². The number of rotatable bonds is 14. The second kappa shape index (κ2) is 18.0. The van der Waals surface area contributed by atoms with Crippen LogP contribution in [0.5, 0.6) is 0 Å². The van der Waals surface area contributed by atoms with E-state index in [0.29, 0.717) is 46.6 Å². The topological polar surface area (TPSA) is 58.2 Å². The molecule has 0 radical (unpaired) electrons. The number of anilines is 2. The Hall–Kier alpha value is -3.40. The maximum Gasteiger partial charge on any atom is 0.255 e. The van der Waals surface area contributed by atoms with Crippen molar-refractivity contribution in [2.45, 2.75) is 198 Å². The third-order valence-corrected chi connectivity index (χ3v) is 11.0. The van der Waals surface area contributed by atoms with E-state index in [0.717, 1.165) is 11.4 Å². The molecule has 0 fully saturated rings. The van der Waals surface area contributed by atoms with Crippen LogP contribution in [0.3, 0.4) is 0 Å². The van der Waals surface area contributed by atoms with Gasteiger partial charge >= 0.3 is 0 Å². The summed E-state index contributed by atoms with van der Waals surface area (Å²) >= 11 is 0. The molecule has 4 heteroatoms. The minimum Gasteiger partial charge on any atom is -0.321 e. The minimum absolute atomic E-state index is 0.189. The Labute approximate surface area is 331 Å². The molecule has 0 heterocycles. The molecule has 0 aliphatic heterocycles. The molecule has 0 saturated carbocycles. The van der Waals surface area contributed by atoms with Gasteiger partial charge in [-0.3, -0.25) is 9.59 Å². The van der Waals surface area contributed by atoms with Gasteiger partial charge in [-0.1, -0.05) is 145 Å². The normalized spacial score (nSPS) is 12.4. The van der Waals surface area contributed by atoms with Gasteiger partial charge in [0.1, 0.15) is 0 Å². The monoisotopic (exact) mass is 737 g/mol. The van der Waals surface area contributed by atoms with Gasteiger partial charge in [0.15, 0.2) is 0 Å². The zero-order chi connectivity index (χ0) is 41.3. The molecule has 3 rings (SSSR count). The van der Waals surface area contributed by atoms with Gasteiger partial charge in [-0.05, 0) is 133 Å². The van der Waals surface area contributed by atoms with Crippen molar-refractivity contribution in [3.8, 4) is 0 Å². The quantitative estimate of drug-likeness (QED) is 0.173. The summed E-state index contributed by atoms with van der Waals surface area (Å²) < 4.78 is 0. The minimum atomic E-state index is -0.189. The smallest absolute Gasteiger partial charge is 0.255 e. The highest BCUT2D eigenvalue weighted by Crippen LogP contribution is 2.49. The fourth-order valence-corrected chi connectivity index (χ4v) is 9.27. The Kier molecular flexibility index (Phi) is 15.0. The van der Waals surface area contributed by atoms with E-state index in [2.05, 4.69) is 149 Å². The number of nitrogens with one attached hydrogen (secondary N) is 2. The first-order valence-electron chi connectivity index (χ1n) is 21.2. The molecule has 0 atom stereocenters. The Morgan fingerprint density at radius 2 is 0.519 bits per heavy atom.